The highest BCUT2D eigenvalue weighted by atomic mass is 35.5. The van der Waals surface area contributed by atoms with Crippen molar-refractivity contribution >= 4 is 23.4 Å². The van der Waals surface area contributed by atoms with Crippen molar-refractivity contribution in [2.24, 2.45) is 5.73 Å². The van der Waals surface area contributed by atoms with E-state index in [1.165, 1.54) is 6.07 Å². The molecule has 1 heterocycles. The first-order valence-corrected chi connectivity index (χ1v) is 7.09. The average Bonchev–Trinajstić information content (AvgIpc) is 2.36. The molecule has 0 aliphatic carbocycles. The molecule has 1 aliphatic heterocycles. The zero-order valence-corrected chi connectivity index (χ0v) is 10.9. The molecular formula is C12H15ClFNOS. The van der Waals surface area contributed by atoms with E-state index in [0.717, 1.165) is 23.7 Å². The second-order valence-corrected chi connectivity index (χ2v) is 5.59. The number of ether oxygens (including phenoxy) is 1. The van der Waals surface area contributed by atoms with Crippen LogP contribution in [0.3, 0.4) is 0 Å². The van der Waals surface area contributed by atoms with Crippen LogP contribution in [0.2, 0.25) is 5.02 Å². The molecule has 1 saturated heterocycles. The Morgan fingerprint density at radius 3 is 3.12 bits per heavy atom. The molecule has 94 valence electrons. The molecule has 17 heavy (non-hydrogen) atoms. The highest BCUT2D eigenvalue weighted by Crippen LogP contribution is 2.23. The minimum atomic E-state index is -0.393. The van der Waals surface area contributed by atoms with Gasteiger partial charge in [-0.3, -0.25) is 0 Å². The van der Waals surface area contributed by atoms with Crippen LogP contribution in [0, 0.1) is 5.82 Å². The standard InChI is InChI=1S/C12H15ClFNOS/c13-12-8(2-1-3-9(12)14)6-10(15)11-7-17-5-4-16-11/h1-3,10-11H,4-7,15H2. The molecule has 0 saturated carbocycles. The van der Waals surface area contributed by atoms with Gasteiger partial charge < -0.3 is 10.5 Å². The maximum absolute atomic E-state index is 13.3. The van der Waals surface area contributed by atoms with E-state index in [1.807, 2.05) is 11.8 Å². The van der Waals surface area contributed by atoms with Gasteiger partial charge in [0.25, 0.3) is 0 Å². The predicted octanol–water partition coefficient (Wildman–Crippen LogP) is 2.48. The highest BCUT2D eigenvalue weighted by molar-refractivity contribution is 7.99. The van der Waals surface area contributed by atoms with Gasteiger partial charge in [-0.15, -0.1) is 0 Å². The van der Waals surface area contributed by atoms with E-state index in [1.54, 1.807) is 12.1 Å². The molecule has 2 rings (SSSR count). The maximum atomic E-state index is 13.3. The number of hydrogen-bond donors (Lipinski definition) is 1. The van der Waals surface area contributed by atoms with E-state index in [2.05, 4.69) is 0 Å². The molecule has 0 aromatic heterocycles. The summed E-state index contributed by atoms with van der Waals surface area (Å²) in [5.41, 5.74) is 6.83. The summed E-state index contributed by atoms with van der Waals surface area (Å²) in [5.74, 6) is 1.52. The SMILES string of the molecule is NC(Cc1cccc(F)c1Cl)C1CSCCO1. The van der Waals surface area contributed by atoms with Crippen LogP contribution in [0.4, 0.5) is 4.39 Å². The maximum Gasteiger partial charge on any atom is 0.142 e. The third-order valence-electron chi connectivity index (χ3n) is 2.81. The minimum absolute atomic E-state index is 0.0353. The van der Waals surface area contributed by atoms with E-state index in [-0.39, 0.29) is 17.2 Å². The number of halogens is 2. The molecule has 0 bridgehead atoms. The van der Waals surface area contributed by atoms with E-state index in [9.17, 15) is 4.39 Å². The van der Waals surface area contributed by atoms with Crippen LogP contribution in [0.15, 0.2) is 18.2 Å². The summed E-state index contributed by atoms with van der Waals surface area (Å²) < 4.78 is 18.9. The Morgan fingerprint density at radius 2 is 2.41 bits per heavy atom. The van der Waals surface area contributed by atoms with Crippen molar-refractivity contribution in [3.05, 3.63) is 34.6 Å². The lowest BCUT2D eigenvalue weighted by atomic mass is 10.0. The molecule has 0 amide bonds. The zero-order chi connectivity index (χ0) is 12.3. The Morgan fingerprint density at radius 1 is 1.59 bits per heavy atom. The Kier molecular flexibility index (Phi) is 4.68. The van der Waals surface area contributed by atoms with Crippen molar-refractivity contribution in [3.63, 3.8) is 0 Å². The minimum Gasteiger partial charge on any atom is -0.375 e. The summed E-state index contributed by atoms with van der Waals surface area (Å²) in [5, 5.41) is 0.173. The van der Waals surface area contributed by atoms with Gasteiger partial charge in [-0.05, 0) is 18.1 Å². The van der Waals surface area contributed by atoms with Gasteiger partial charge in [0.05, 0.1) is 17.7 Å². The van der Waals surface area contributed by atoms with Crippen molar-refractivity contribution in [1.29, 1.82) is 0 Å². The van der Waals surface area contributed by atoms with Gasteiger partial charge in [0.15, 0.2) is 0 Å². The van der Waals surface area contributed by atoms with E-state index < -0.39 is 5.82 Å². The first kappa shape index (κ1) is 13.1. The quantitative estimate of drug-likeness (QED) is 0.921. The molecule has 5 heteroatoms. The number of rotatable bonds is 3. The van der Waals surface area contributed by atoms with Gasteiger partial charge in [0.2, 0.25) is 0 Å². The summed E-state index contributed by atoms with van der Waals surface area (Å²) >= 11 is 7.74. The van der Waals surface area contributed by atoms with Gasteiger partial charge >= 0.3 is 0 Å². The number of nitrogens with two attached hydrogens (primary N) is 1. The van der Waals surface area contributed by atoms with Crippen molar-refractivity contribution in [1.82, 2.24) is 0 Å². The lowest BCUT2D eigenvalue weighted by Gasteiger charge is -2.27. The zero-order valence-electron chi connectivity index (χ0n) is 9.36. The molecule has 2 N–H and O–H groups in total. The summed E-state index contributed by atoms with van der Waals surface area (Å²) in [6.07, 6.45) is 0.579. The Hall–Kier alpha value is -0.290. The lowest BCUT2D eigenvalue weighted by Crippen LogP contribution is -2.42. The Labute approximate surface area is 110 Å². The molecule has 2 nitrogen and oxygen atoms in total. The second-order valence-electron chi connectivity index (χ2n) is 4.07. The summed E-state index contributed by atoms with van der Waals surface area (Å²) in [6, 6.07) is 4.67. The van der Waals surface area contributed by atoms with E-state index >= 15 is 0 Å². The molecule has 1 fully saturated rings. The number of thioether (sulfide) groups is 1. The van der Waals surface area contributed by atoms with Crippen LogP contribution < -0.4 is 5.73 Å². The first-order chi connectivity index (χ1) is 8.18. The summed E-state index contributed by atoms with van der Waals surface area (Å²) in [6.45, 7) is 0.736. The molecule has 0 spiro atoms. The molecule has 1 aliphatic rings. The fraction of sp³-hybridized carbons (Fsp3) is 0.500. The topological polar surface area (TPSA) is 35.2 Å². The third-order valence-corrected chi connectivity index (χ3v) is 4.25. The lowest BCUT2D eigenvalue weighted by molar-refractivity contribution is 0.0572. The highest BCUT2D eigenvalue weighted by Gasteiger charge is 2.22. The molecule has 1 aromatic rings. The fourth-order valence-electron chi connectivity index (χ4n) is 1.84. The van der Waals surface area contributed by atoms with Crippen LogP contribution >= 0.6 is 23.4 Å². The smallest absolute Gasteiger partial charge is 0.142 e. The molecule has 1 aromatic carbocycles. The van der Waals surface area contributed by atoms with Crippen LogP contribution in [-0.4, -0.2) is 30.3 Å². The van der Waals surface area contributed by atoms with Gasteiger partial charge in [0, 0.05) is 17.5 Å². The Bertz CT molecular complexity index is 385. The molecular weight excluding hydrogens is 261 g/mol. The Balaban J connectivity index is 2.01. The monoisotopic (exact) mass is 275 g/mol. The van der Waals surface area contributed by atoms with Gasteiger partial charge in [-0.25, -0.2) is 4.39 Å². The average molecular weight is 276 g/mol. The normalized spacial score (nSPS) is 22.4. The molecule has 2 unspecified atom stereocenters. The third kappa shape index (κ3) is 3.35. The predicted molar refractivity (Wildman–Crippen MR) is 70.2 cm³/mol. The van der Waals surface area contributed by atoms with Crippen molar-refractivity contribution < 1.29 is 9.13 Å². The van der Waals surface area contributed by atoms with E-state index in [4.69, 9.17) is 22.1 Å². The summed E-state index contributed by atoms with van der Waals surface area (Å²) in [4.78, 5) is 0. The van der Waals surface area contributed by atoms with Crippen molar-refractivity contribution in [2.45, 2.75) is 18.6 Å². The van der Waals surface area contributed by atoms with Crippen molar-refractivity contribution in [2.75, 3.05) is 18.1 Å². The molecule has 2 atom stereocenters. The first-order valence-electron chi connectivity index (χ1n) is 5.56. The summed E-state index contributed by atoms with van der Waals surface area (Å²) in [7, 11) is 0. The van der Waals surface area contributed by atoms with Crippen LogP contribution in [0.1, 0.15) is 5.56 Å². The number of benzene rings is 1. The largest absolute Gasteiger partial charge is 0.375 e. The van der Waals surface area contributed by atoms with Crippen molar-refractivity contribution in [3.8, 4) is 0 Å². The van der Waals surface area contributed by atoms with Gasteiger partial charge in [-0.2, -0.15) is 11.8 Å². The molecule has 0 radical (unpaired) electrons. The number of hydrogen-bond acceptors (Lipinski definition) is 3. The van der Waals surface area contributed by atoms with E-state index in [0.29, 0.717) is 6.42 Å². The van der Waals surface area contributed by atoms with Crippen LogP contribution in [-0.2, 0) is 11.2 Å². The van der Waals surface area contributed by atoms with Crippen LogP contribution in [0.25, 0.3) is 0 Å². The van der Waals surface area contributed by atoms with Crippen LogP contribution in [0.5, 0.6) is 0 Å². The fourth-order valence-corrected chi connectivity index (χ4v) is 3.00. The van der Waals surface area contributed by atoms with Gasteiger partial charge in [-0.1, -0.05) is 23.7 Å². The second kappa shape index (κ2) is 6.05. The van der Waals surface area contributed by atoms with Gasteiger partial charge in [0.1, 0.15) is 5.82 Å².